The maximum Gasteiger partial charge on any atom is 0.300 e. The molecule has 102 valence electrons. The third-order valence-electron chi connectivity index (χ3n) is 2.70. The van der Waals surface area contributed by atoms with E-state index < -0.39 is 0 Å². The lowest BCUT2D eigenvalue weighted by molar-refractivity contribution is 0.623. The van der Waals surface area contributed by atoms with Crippen LogP contribution in [0.3, 0.4) is 0 Å². The van der Waals surface area contributed by atoms with Crippen LogP contribution < -0.4 is 11.1 Å². The molecule has 0 fully saturated rings. The molecule has 0 amide bonds. The van der Waals surface area contributed by atoms with Gasteiger partial charge in [0.05, 0.1) is 26.4 Å². The minimum absolute atomic E-state index is 0.276. The number of rotatable bonds is 2. The number of halogens is 3. The number of hydrogen-bond acceptors (Lipinski definition) is 4. The van der Waals surface area contributed by atoms with Gasteiger partial charge in [-0.1, -0.05) is 40.9 Å². The molecular formula is C13H8Cl3N3O. The summed E-state index contributed by atoms with van der Waals surface area (Å²) in [5.41, 5.74) is 8.09. The fourth-order valence-corrected chi connectivity index (χ4v) is 2.35. The number of para-hydroxylation sites is 1. The van der Waals surface area contributed by atoms with Gasteiger partial charge in [0.2, 0.25) is 0 Å². The Hall–Kier alpha value is -1.62. The summed E-state index contributed by atoms with van der Waals surface area (Å²) in [5.74, 6) is 0. The molecule has 0 aliphatic carbocycles. The molecular weight excluding hydrogens is 321 g/mol. The van der Waals surface area contributed by atoms with Crippen molar-refractivity contribution in [3.8, 4) is 0 Å². The molecule has 0 radical (unpaired) electrons. The predicted octanol–water partition coefficient (Wildman–Crippen LogP) is 5.11. The first-order chi connectivity index (χ1) is 9.54. The Morgan fingerprint density at radius 1 is 1.05 bits per heavy atom. The lowest BCUT2D eigenvalue weighted by atomic mass is 10.3. The SMILES string of the molecule is Nc1cccc2oc(Nc3cc(Cl)c(Cl)cc3Cl)nc12. The zero-order chi connectivity index (χ0) is 14.3. The van der Waals surface area contributed by atoms with Gasteiger partial charge in [0.25, 0.3) is 6.01 Å². The molecule has 20 heavy (non-hydrogen) atoms. The van der Waals surface area contributed by atoms with Crippen molar-refractivity contribution in [3.05, 3.63) is 45.4 Å². The number of nitrogen functional groups attached to an aromatic ring is 1. The van der Waals surface area contributed by atoms with E-state index in [2.05, 4.69) is 10.3 Å². The zero-order valence-electron chi connectivity index (χ0n) is 9.95. The van der Waals surface area contributed by atoms with Crippen LogP contribution in [0.4, 0.5) is 17.4 Å². The van der Waals surface area contributed by atoms with Crippen LogP contribution in [0.1, 0.15) is 0 Å². The highest BCUT2D eigenvalue weighted by Gasteiger charge is 2.11. The van der Waals surface area contributed by atoms with Gasteiger partial charge in [-0.15, -0.1) is 0 Å². The van der Waals surface area contributed by atoms with Crippen LogP contribution in [-0.4, -0.2) is 4.98 Å². The van der Waals surface area contributed by atoms with Crippen molar-refractivity contribution in [1.29, 1.82) is 0 Å². The highest BCUT2D eigenvalue weighted by Crippen LogP contribution is 2.34. The minimum atomic E-state index is 0.276. The van der Waals surface area contributed by atoms with Crippen molar-refractivity contribution in [2.75, 3.05) is 11.1 Å². The second-order valence-corrected chi connectivity index (χ2v) is 5.31. The van der Waals surface area contributed by atoms with Gasteiger partial charge in [-0.3, -0.25) is 0 Å². The molecule has 2 aromatic carbocycles. The van der Waals surface area contributed by atoms with Crippen LogP contribution in [0.15, 0.2) is 34.7 Å². The number of oxazole rings is 1. The molecule has 4 nitrogen and oxygen atoms in total. The van der Waals surface area contributed by atoms with Crippen molar-refractivity contribution in [1.82, 2.24) is 4.98 Å². The Morgan fingerprint density at radius 2 is 1.80 bits per heavy atom. The number of nitrogens with one attached hydrogen (secondary N) is 1. The van der Waals surface area contributed by atoms with Crippen molar-refractivity contribution in [2.45, 2.75) is 0 Å². The Morgan fingerprint density at radius 3 is 2.55 bits per heavy atom. The summed E-state index contributed by atoms with van der Waals surface area (Å²) in [6.07, 6.45) is 0. The molecule has 0 aliphatic heterocycles. The number of nitrogens with two attached hydrogens (primary N) is 1. The van der Waals surface area contributed by atoms with E-state index in [1.807, 2.05) is 0 Å². The Labute approximate surface area is 129 Å². The maximum atomic E-state index is 6.08. The van der Waals surface area contributed by atoms with Crippen molar-refractivity contribution in [2.24, 2.45) is 0 Å². The molecule has 0 aliphatic rings. The number of anilines is 3. The standard InChI is InChI=1S/C13H8Cl3N3O/c14-6-4-8(16)10(5-7(6)15)18-13-19-12-9(17)2-1-3-11(12)20-13/h1-5H,17H2,(H,18,19). The lowest BCUT2D eigenvalue weighted by Crippen LogP contribution is -1.92. The van der Waals surface area contributed by atoms with Crippen molar-refractivity contribution >= 4 is 63.3 Å². The molecule has 0 bridgehead atoms. The molecule has 3 N–H and O–H groups in total. The van der Waals surface area contributed by atoms with E-state index in [4.69, 9.17) is 45.0 Å². The number of nitrogens with zero attached hydrogens (tertiary/aromatic N) is 1. The largest absolute Gasteiger partial charge is 0.423 e. The summed E-state index contributed by atoms with van der Waals surface area (Å²) in [4.78, 5) is 4.26. The van der Waals surface area contributed by atoms with Crippen molar-refractivity contribution in [3.63, 3.8) is 0 Å². The molecule has 0 atom stereocenters. The average molecular weight is 329 g/mol. The number of benzene rings is 2. The molecule has 0 saturated heterocycles. The molecule has 3 aromatic rings. The number of fused-ring (bicyclic) bond motifs is 1. The van der Waals surface area contributed by atoms with Gasteiger partial charge >= 0.3 is 0 Å². The second-order valence-electron chi connectivity index (χ2n) is 4.08. The van der Waals surface area contributed by atoms with Crippen LogP contribution in [0.2, 0.25) is 15.1 Å². The quantitative estimate of drug-likeness (QED) is 0.506. The normalized spacial score (nSPS) is 10.9. The smallest absolute Gasteiger partial charge is 0.300 e. The molecule has 7 heteroatoms. The van der Waals surface area contributed by atoms with E-state index in [0.29, 0.717) is 37.5 Å². The first-order valence-electron chi connectivity index (χ1n) is 5.61. The monoisotopic (exact) mass is 327 g/mol. The fraction of sp³-hybridized carbons (Fsp3) is 0. The molecule has 1 aromatic heterocycles. The van der Waals surface area contributed by atoms with E-state index >= 15 is 0 Å². The summed E-state index contributed by atoms with van der Waals surface area (Å²) in [7, 11) is 0. The highest BCUT2D eigenvalue weighted by atomic mass is 35.5. The highest BCUT2D eigenvalue weighted by molar-refractivity contribution is 6.44. The van der Waals surface area contributed by atoms with Gasteiger partial charge in [0.1, 0.15) is 5.52 Å². The van der Waals surface area contributed by atoms with Gasteiger partial charge in [0.15, 0.2) is 5.58 Å². The Bertz CT molecular complexity index is 801. The van der Waals surface area contributed by atoms with E-state index in [-0.39, 0.29) is 6.01 Å². The summed E-state index contributed by atoms with van der Waals surface area (Å²) >= 11 is 17.9. The first kappa shape index (κ1) is 13.4. The Kier molecular flexibility index (Phi) is 3.38. The van der Waals surface area contributed by atoms with E-state index in [1.54, 1.807) is 30.3 Å². The molecule has 3 rings (SSSR count). The fourth-order valence-electron chi connectivity index (χ4n) is 1.76. The van der Waals surface area contributed by atoms with Gasteiger partial charge in [-0.2, -0.15) is 4.98 Å². The third-order valence-corrected chi connectivity index (χ3v) is 3.74. The Balaban J connectivity index is 2.01. The van der Waals surface area contributed by atoms with Crippen LogP contribution in [0.5, 0.6) is 0 Å². The summed E-state index contributed by atoms with van der Waals surface area (Å²) in [6.45, 7) is 0. The van der Waals surface area contributed by atoms with Gasteiger partial charge in [-0.05, 0) is 24.3 Å². The summed E-state index contributed by atoms with van der Waals surface area (Å²) in [6, 6.07) is 8.74. The van der Waals surface area contributed by atoms with Crippen molar-refractivity contribution < 1.29 is 4.42 Å². The lowest BCUT2D eigenvalue weighted by Gasteiger charge is -2.06. The zero-order valence-corrected chi connectivity index (χ0v) is 12.2. The predicted molar refractivity (Wildman–Crippen MR) is 83.2 cm³/mol. The first-order valence-corrected chi connectivity index (χ1v) is 6.74. The van der Waals surface area contributed by atoms with Gasteiger partial charge in [-0.25, -0.2) is 0 Å². The van der Waals surface area contributed by atoms with Gasteiger partial charge in [0, 0.05) is 0 Å². The summed E-state index contributed by atoms with van der Waals surface area (Å²) in [5, 5.41) is 4.12. The van der Waals surface area contributed by atoms with Crippen LogP contribution in [0.25, 0.3) is 11.1 Å². The second kappa shape index (κ2) is 5.05. The summed E-state index contributed by atoms with van der Waals surface area (Å²) < 4.78 is 5.54. The van der Waals surface area contributed by atoms with E-state index in [1.165, 1.54) is 0 Å². The average Bonchev–Trinajstić information content (AvgIpc) is 2.80. The third kappa shape index (κ3) is 2.38. The minimum Gasteiger partial charge on any atom is -0.423 e. The van der Waals surface area contributed by atoms with Crippen LogP contribution >= 0.6 is 34.8 Å². The van der Waals surface area contributed by atoms with Gasteiger partial charge < -0.3 is 15.5 Å². The topological polar surface area (TPSA) is 64.1 Å². The molecule has 0 saturated carbocycles. The number of aromatic nitrogens is 1. The molecule has 1 heterocycles. The van der Waals surface area contributed by atoms with E-state index in [9.17, 15) is 0 Å². The van der Waals surface area contributed by atoms with Crippen LogP contribution in [0, 0.1) is 0 Å². The molecule has 0 unspecified atom stereocenters. The van der Waals surface area contributed by atoms with Crippen LogP contribution in [-0.2, 0) is 0 Å². The maximum absolute atomic E-state index is 6.08. The molecule has 0 spiro atoms. The number of hydrogen-bond donors (Lipinski definition) is 2. The van der Waals surface area contributed by atoms with E-state index in [0.717, 1.165) is 0 Å².